The minimum absolute atomic E-state index is 0. The Morgan fingerprint density at radius 1 is 0.875 bits per heavy atom. The van der Waals surface area contributed by atoms with Crippen molar-refractivity contribution >= 4 is 33.6 Å². The third-order valence-electron chi connectivity index (χ3n) is 4.90. The van der Waals surface area contributed by atoms with E-state index in [0.717, 1.165) is 38.9 Å². The number of nitrogens with zero attached hydrogens (tertiary/aromatic N) is 3. The molecule has 0 fully saturated rings. The van der Waals surface area contributed by atoms with Gasteiger partial charge in [-0.3, -0.25) is 0 Å². The molecule has 32 heavy (non-hydrogen) atoms. The van der Waals surface area contributed by atoms with Crippen LogP contribution in [0.1, 0.15) is 0 Å². The van der Waals surface area contributed by atoms with Gasteiger partial charge in [-0.15, -0.1) is 35.9 Å². The van der Waals surface area contributed by atoms with Crippen LogP contribution in [0.5, 0.6) is 0 Å². The third kappa shape index (κ3) is 4.51. The second-order valence-electron chi connectivity index (χ2n) is 7.05. The fourth-order valence-electron chi connectivity index (χ4n) is 3.40. The predicted molar refractivity (Wildman–Crippen MR) is 121 cm³/mol. The first kappa shape index (κ1) is 21.6. The van der Waals surface area contributed by atoms with Crippen LogP contribution in [0, 0.1) is 12.1 Å². The van der Waals surface area contributed by atoms with Crippen LogP contribution in [-0.4, -0.2) is 27.2 Å². The van der Waals surface area contributed by atoms with Crippen LogP contribution in [0.15, 0.2) is 102 Å². The largest absolute Gasteiger partial charge is 0.493 e. The Kier molecular flexibility index (Phi) is 6.53. The van der Waals surface area contributed by atoms with E-state index < -0.39 is 0 Å². The van der Waals surface area contributed by atoms with E-state index in [1.54, 1.807) is 6.20 Å². The summed E-state index contributed by atoms with van der Waals surface area (Å²) in [5.74, 6) is 0. The molecule has 1 aliphatic heterocycles. The second kappa shape index (κ2) is 9.67. The molecule has 5 aromatic rings. The number of pyridine rings is 1. The van der Waals surface area contributed by atoms with Crippen molar-refractivity contribution in [1.82, 2.24) is 4.98 Å². The summed E-state index contributed by atoms with van der Waals surface area (Å²) in [6.45, 7) is 0. The van der Waals surface area contributed by atoms with Gasteiger partial charge in [0.15, 0.2) is 7.05 Å². The topological polar surface area (TPSA) is 32.0 Å². The van der Waals surface area contributed by atoms with E-state index in [1.165, 1.54) is 0 Å². The van der Waals surface area contributed by atoms with Crippen molar-refractivity contribution in [1.29, 1.82) is 0 Å². The summed E-state index contributed by atoms with van der Waals surface area (Å²) in [6.07, 6.45) is 5.67. The molecule has 5 heteroatoms. The van der Waals surface area contributed by atoms with Gasteiger partial charge in [-0.25, -0.2) is 0 Å². The Morgan fingerprint density at radius 3 is 2.47 bits per heavy atom. The van der Waals surface area contributed by atoms with Gasteiger partial charge in [0.05, 0.1) is 0 Å². The van der Waals surface area contributed by atoms with Crippen molar-refractivity contribution in [2.45, 2.75) is 0 Å². The molecule has 0 spiro atoms. The molecule has 0 bridgehead atoms. The Labute approximate surface area is 199 Å². The average molecular weight is 594 g/mol. The molecular weight excluding hydrogens is 575 g/mol. The minimum atomic E-state index is 0. The van der Waals surface area contributed by atoms with Gasteiger partial charge in [-0.05, 0) is 23.2 Å². The maximum absolute atomic E-state index is 5.83. The van der Waals surface area contributed by atoms with Crippen molar-refractivity contribution in [2.24, 2.45) is 0 Å². The molecule has 3 aromatic carbocycles. The van der Waals surface area contributed by atoms with Gasteiger partial charge in [-0.1, -0.05) is 57.0 Å². The van der Waals surface area contributed by atoms with Crippen LogP contribution in [0.2, 0.25) is 0 Å². The minimum Gasteiger partial charge on any atom is -0.483 e. The van der Waals surface area contributed by atoms with Crippen LogP contribution >= 0.6 is 0 Å². The summed E-state index contributed by atoms with van der Waals surface area (Å²) in [7, 11) is 1.94. The molecular formula is C27H19IrN3O. The van der Waals surface area contributed by atoms with Crippen molar-refractivity contribution in [3.05, 3.63) is 110 Å². The number of aromatic nitrogens is 1. The first-order valence-electron chi connectivity index (χ1n) is 9.96. The zero-order valence-electron chi connectivity index (χ0n) is 17.3. The zero-order chi connectivity index (χ0) is 21.0. The molecule has 0 unspecified atom stereocenters. The molecule has 0 saturated carbocycles. The maximum atomic E-state index is 5.83. The summed E-state index contributed by atoms with van der Waals surface area (Å²) in [5.41, 5.74) is 4.61. The first-order chi connectivity index (χ1) is 15.3. The standard InChI is InChI=1S/C16H11N2O.C11H8N.Ir/c1-17-8-9-18(11-17)12-6-7-14-13-4-2-3-5-15(13)19-16(14)10-12;1-2-6-10(7-3-1)11-8-4-5-9-12-11;/h2-9H,1H3;1-6,8-9H;/q+1;-1;. The number of benzene rings is 3. The van der Waals surface area contributed by atoms with E-state index in [2.05, 4.69) is 35.3 Å². The van der Waals surface area contributed by atoms with E-state index in [0.29, 0.717) is 0 Å². The van der Waals surface area contributed by atoms with Crippen LogP contribution < -0.4 is 0 Å². The number of hydrogen-bond acceptors (Lipinski definition) is 2. The quantitative estimate of drug-likeness (QED) is 0.189. The average Bonchev–Trinajstić information content (AvgIpc) is 3.43. The molecule has 2 aromatic heterocycles. The molecule has 4 nitrogen and oxygen atoms in total. The Hall–Kier alpha value is -3.62. The fraction of sp³-hybridized carbons (Fsp3) is 0.0370. The van der Waals surface area contributed by atoms with E-state index in [4.69, 9.17) is 4.42 Å². The molecule has 3 heterocycles. The Bertz CT molecular complexity index is 1430. The van der Waals surface area contributed by atoms with E-state index in [9.17, 15) is 0 Å². The number of hydrogen-bond donors (Lipinski definition) is 0. The molecule has 157 valence electrons. The van der Waals surface area contributed by atoms with Gasteiger partial charge in [-0.2, -0.15) is 6.07 Å². The second-order valence-corrected chi connectivity index (χ2v) is 7.05. The summed E-state index contributed by atoms with van der Waals surface area (Å²) in [6, 6.07) is 35.4. The van der Waals surface area contributed by atoms with Gasteiger partial charge in [0.1, 0.15) is 11.3 Å². The van der Waals surface area contributed by atoms with Crippen molar-refractivity contribution < 1.29 is 33.7 Å². The van der Waals surface area contributed by atoms with Crippen LogP contribution in [0.3, 0.4) is 0 Å². The Balaban J connectivity index is 0.000000164. The van der Waals surface area contributed by atoms with Gasteiger partial charge in [0, 0.05) is 31.9 Å². The summed E-state index contributed by atoms with van der Waals surface area (Å²) >= 11 is 0. The predicted octanol–water partition coefficient (Wildman–Crippen LogP) is 5.88. The monoisotopic (exact) mass is 594 g/mol. The van der Waals surface area contributed by atoms with Crippen molar-refractivity contribution in [3.8, 4) is 11.3 Å². The number of para-hydroxylation sites is 1. The van der Waals surface area contributed by atoms with E-state index in [1.807, 2.05) is 95.3 Å². The molecule has 0 saturated heterocycles. The summed E-state index contributed by atoms with van der Waals surface area (Å²) < 4.78 is 9.60. The first-order valence-corrected chi connectivity index (χ1v) is 9.96. The van der Waals surface area contributed by atoms with Gasteiger partial charge in [0.25, 0.3) is 6.20 Å². The number of furan rings is 1. The Morgan fingerprint density at radius 2 is 1.72 bits per heavy atom. The van der Waals surface area contributed by atoms with Gasteiger partial charge < -0.3 is 9.40 Å². The van der Waals surface area contributed by atoms with Crippen molar-refractivity contribution in [2.75, 3.05) is 7.05 Å². The third-order valence-corrected chi connectivity index (χ3v) is 4.90. The molecule has 1 radical (unpaired) electrons. The van der Waals surface area contributed by atoms with Crippen LogP contribution in [0.4, 0.5) is 5.69 Å². The van der Waals surface area contributed by atoms with E-state index in [-0.39, 0.29) is 20.1 Å². The fourth-order valence-corrected chi connectivity index (χ4v) is 3.40. The molecule has 0 N–H and O–H groups in total. The van der Waals surface area contributed by atoms with Crippen molar-refractivity contribution in [3.63, 3.8) is 0 Å². The van der Waals surface area contributed by atoms with Gasteiger partial charge >= 0.3 is 6.01 Å². The normalized spacial score (nSPS) is 12.0. The summed E-state index contributed by atoms with van der Waals surface area (Å²) in [5, 5.41) is 2.22. The van der Waals surface area contributed by atoms with Gasteiger partial charge in [0.2, 0.25) is 6.20 Å². The molecule has 6 rings (SSSR count). The SMILES string of the molecule is C[N+]1=C=[N+](c2[c-]c3oc4ccccc4c3cc2)C=C1.[Ir].[c-]1ccccc1-c1ccccn1. The number of fused-ring (bicyclic) bond motifs is 3. The zero-order valence-corrected chi connectivity index (χ0v) is 19.7. The van der Waals surface area contributed by atoms with E-state index >= 15 is 0 Å². The smallest absolute Gasteiger partial charge is 0.483 e. The number of rotatable bonds is 2. The molecule has 0 atom stereocenters. The van der Waals surface area contributed by atoms with Crippen LogP contribution in [0.25, 0.3) is 33.2 Å². The molecule has 0 aliphatic carbocycles. The molecule has 1 aliphatic rings. The van der Waals surface area contributed by atoms with Crippen LogP contribution in [-0.2, 0) is 20.1 Å². The summed E-state index contributed by atoms with van der Waals surface area (Å²) in [4.78, 5) is 4.22. The maximum Gasteiger partial charge on any atom is 0.493 e. The molecule has 0 amide bonds.